The molecular formula is C12H13F3O. The molecule has 0 heterocycles. The van der Waals surface area contributed by atoms with E-state index in [1.165, 1.54) is 12.1 Å². The zero-order valence-electron chi connectivity index (χ0n) is 8.97. The topological polar surface area (TPSA) is 17.1 Å². The number of rotatable bonds is 5. The number of hydrogen-bond donors (Lipinski definition) is 0. The van der Waals surface area contributed by atoms with Crippen molar-refractivity contribution in [2.24, 2.45) is 0 Å². The van der Waals surface area contributed by atoms with Crippen molar-refractivity contribution in [3.8, 4) is 0 Å². The molecule has 0 aliphatic rings. The second-order valence-corrected chi connectivity index (χ2v) is 3.69. The van der Waals surface area contributed by atoms with Crippen LogP contribution in [-0.4, -0.2) is 12.2 Å². The van der Waals surface area contributed by atoms with Gasteiger partial charge in [-0.3, -0.25) is 4.79 Å². The van der Waals surface area contributed by atoms with Crippen LogP contribution < -0.4 is 0 Å². The van der Waals surface area contributed by atoms with Crippen molar-refractivity contribution in [3.63, 3.8) is 0 Å². The molecule has 0 aromatic heterocycles. The molecule has 0 atom stereocenters. The molecule has 0 saturated heterocycles. The molecular weight excluding hydrogens is 217 g/mol. The van der Waals surface area contributed by atoms with E-state index < -0.39 is 12.2 Å². The molecule has 0 amide bonds. The smallest absolute Gasteiger partial charge is 0.293 e. The predicted molar refractivity (Wildman–Crippen MR) is 55.1 cm³/mol. The first-order valence-electron chi connectivity index (χ1n) is 5.06. The van der Waals surface area contributed by atoms with Crippen LogP contribution in [0.25, 0.3) is 0 Å². The molecule has 0 fully saturated rings. The van der Waals surface area contributed by atoms with Gasteiger partial charge in [-0.05, 0) is 43.0 Å². The van der Waals surface area contributed by atoms with Crippen molar-refractivity contribution in [2.75, 3.05) is 0 Å². The normalized spacial score (nSPS) is 10.8. The van der Waals surface area contributed by atoms with Crippen LogP contribution in [0.5, 0.6) is 0 Å². The Morgan fingerprint density at radius 2 is 2.06 bits per heavy atom. The summed E-state index contributed by atoms with van der Waals surface area (Å²) in [5, 5.41) is 0. The van der Waals surface area contributed by atoms with Crippen molar-refractivity contribution in [2.45, 2.75) is 32.6 Å². The number of alkyl halides is 2. The SMILES string of the molecule is Cc1ccc(F)cc1CCCC(=O)C(F)F. The van der Waals surface area contributed by atoms with Gasteiger partial charge in [0.1, 0.15) is 5.82 Å². The fourth-order valence-electron chi connectivity index (χ4n) is 1.47. The first kappa shape index (κ1) is 12.7. The first-order valence-corrected chi connectivity index (χ1v) is 5.06. The Balaban J connectivity index is 2.49. The van der Waals surface area contributed by atoms with E-state index in [2.05, 4.69) is 0 Å². The highest BCUT2D eigenvalue weighted by atomic mass is 19.3. The molecule has 0 spiro atoms. The Bertz CT molecular complexity index is 375. The van der Waals surface area contributed by atoms with Gasteiger partial charge < -0.3 is 0 Å². The van der Waals surface area contributed by atoms with Crippen LogP contribution in [0.15, 0.2) is 18.2 Å². The van der Waals surface area contributed by atoms with Crippen LogP contribution in [0.4, 0.5) is 13.2 Å². The van der Waals surface area contributed by atoms with Gasteiger partial charge in [0, 0.05) is 6.42 Å². The van der Waals surface area contributed by atoms with Crippen LogP contribution in [0.2, 0.25) is 0 Å². The highest BCUT2D eigenvalue weighted by Gasteiger charge is 2.14. The van der Waals surface area contributed by atoms with Gasteiger partial charge in [0.15, 0.2) is 5.78 Å². The Morgan fingerprint density at radius 3 is 2.69 bits per heavy atom. The summed E-state index contributed by atoms with van der Waals surface area (Å²) in [5.41, 5.74) is 1.67. The fraction of sp³-hybridized carbons (Fsp3) is 0.417. The van der Waals surface area contributed by atoms with Crippen LogP contribution in [0, 0.1) is 12.7 Å². The molecule has 1 aromatic carbocycles. The molecule has 0 aliphatic heterocycles. The number of aryl methyl sites for hydroxylation is 2. The lowest BCUT2D eigenvalue weighted by Crippen LogP contribution is -2.09. The zero-order chi connectivity index (χ0) is 12.1. The molecule has 16 heavy (non-hydrogen) atoms. The first-order chi connectivity index (χ1) is 7.50. The molecule has 0 bridgehead atoms. The lowest BCUT2D eigenvalue weighted by molar-refractivity contribution is -0.129. The van der Waals surface area contributed by atoms with E-state index in [-0.39, 0.29) is 12.2 Å². The van der Waals surface area contributed by atoms with Crippen molar-refractivity contribution in [1.29, 1.82) is 0 Å². The van der Waals surface area contributed by atoms with Crippen molar-refractivity contribution in [3.05, 3.63) is 35.1 Å². The molecule has 0 N–H and O–H groups in total. The zero-order valence-corrected chi connectivity index (χ0v) is 8.97. The number of halogens is 3. The average molecular weight is 230 g/mol. The summed E-state index contributed by atoms with van der Waals surface area (Å²) < 4.78 is 36.7. The van der Waals surface area contributed by atoms with Gasteiger partial charge in [-0.25, -0.2) is 13.2 Å². The average Bonchev–Trinajstić information content (AvgIpc) is 2.22. The summed E-state index contributed by atoms with van der Waals surface area (Å²) in [7, 11) is 0. The van der Waals surface area contributed by atoms with Crippen molar-refractivity contribution in [1.82, 2.24) is 0 Å². The van der Waals surface area contributed by atoms with Gasteiger partial charge in [-0.15, -0.1) is 0 Å². The minimum atomic E-state index is -2.89. The highest BCUT2D eigenvalue weighted by molar-refractivity contribution is 5.81. The van der Waals surface area contributed by atoms with Gasteiger partial charge >= 0.3 is 0 Å². The van der Waals surface area contributed by atoms with E-state index in [0.717, 1.165) is 11.1 Å². The predicted octanol–water partition coefficient (Wildman–Crippen LogP) is 3.29. The molecule has 0 saturated carbocycles. The van der Waals surface area contributed by atoms with Gasteiger partial charge in [-0.2, -0.15) is 0 Å². The molecule has 1 nitrogen and oxygen atoms in total. The number of ketones is 1. The highest BCUT2D eigenvalue weighted by Crippen LogP contribution is 2.14. The number of benzene rings is 1. The maximum Gasteiger partial charge on any atom is 0.295 e. The molecule has 0 radical (unpaired) electrons. The summed E-state index contributed by atoms with van der Waals surface area (Å²) in [6, 6.07) is 4.37. The number of carbonyl (C=O) groups is 1. The van der Waals surface area contributed by atoms with E-state index in [1.54, 1.807) is 6.07 Å². The maximum absolute atomic E-state index is 12.9. The Morgan fingerprint density at radius 1 is 1.38 bits per heavy atom. The van der Waals surface area contributed by atoms with Gasteiger partial charge in [0.05, 0.1) is 0 Å². The fourth-order valence-corrected chi connectivity index (χ4v) is 1.47. The van der Waals surface area contributed by atoms with E-state index in [4.69, 9.17) is 0 Å². The number of Topliss-reactive ketones (excluding diaryl/α,β-unsaturated/α-hetero) is 1. The summed E-state index contributed by atoms with van der Waals surface area (Å²) in [6.07, 6.45) is -2.28. The van der Waals surface area contributed by atoms with E-state index in [9.17, 15) is 18.0 Å². The van der Waals surface area contributed by atoms with E-state index >= 15 is 0 Å². The van der Waals surface area contributed by atoms with Crippen LogP contribution in [0.3, 0.4) is 0 Å². The summed E-state index contributed by atoms with van der Waals surface area (Å²) in [5.74, 6) is -1.39. The Kier molecular flexibility index (Phi) is 4.52. The number of carbonyl (C=O) groups excluding carboxylic acids is 1. The summed E-state index contributed by atoms with van der Waals surface area (Å²) >= 11 is 0. The van der Waals surface area contributed by atoms with Crippen molar-refractivity contribution >= 4 is 5.78 Å². The largest absolute Gasteiger partial charge is 0.295 e. The standard InChI is InChI=1S/C12H13F3O/c1-8-5-6-10(13)7-9(8)3-2-4-11(16)12(14)15/h5-7,12H,2-4H2,1H3. The monoisotopic (exact) mass is 230 g/mol. The van der Waals surface area contributed by atoms with Crippen molar-refractivity contribution < 1.29 is 18.0 Å². The molecule has 4 heteroatoms. The summed E-state index contributed by atoms with van der Waals surface area (Å²) in [6.45, 7) is 1.82. The van der Waals surface area contributed by atoms with Crippen LogP contribution in [0.1, 0.15) is 24.0 Å². The van der Waals surface area contributed by atoms with Crippen LogP contribution >= 0.6 is 0 Å². The van der Waals surface area contributed by atoms with Crippen LogP contribution in [-0.2, 0) is 11.2 Å². The molecule has 1 aromatic rings. The third-order valence-corrected chi connectivity index (χ3v) is 2.42. The minimum absolute atomic E-state index is 0.159. The second kappa shape index (κ2) is 5.68. The Hall–Kier alpha value is -1.32. The van der Waals surface area contributed by atoms with Gasteiger partial charge in [-0.1, -0.05) is 6.07 Å². The van der Waals surface area contributed by atoms with Gasteiger partial charge in [0.25, 0.3) is 6.43 Å². The minimum Gasteiger partial charge on any atom is -0.293 e. The molecule has 0 unspecified atom stereocenters. The lowest BCUT2D eigenvalue weighted by atomic mass is 10.0. The maximum atomic E-state index is 12.9. The quantitative estimate of drug-likeness (QED) is 0.758. The molecule has 1 rings (SSSR count). The van der Waals surface area contributed by atoms with Gasteiger partial charge in [0.2, 0.25) is 0 Å². The Labute approximate surface area is 92.3 Å². The third kappa shape index (κ3) is 3.68. The van der Waals surface area contributed by atoms with E-state index in [1.807, 2.05) is 6.92 Å². The molecule has 88 valence electrons. The number of hydrogen-bond acceptors (Lipinski definition) is 1. The van der Waals surface area contributed by atoms with E-state index in [0.29, 0.717) is 12.8 Å². The lowest BCUT2D eigenvalue weighted by Gasteiger charge is -2.05. The second-order valence-electron chi connectivity index (χ2n) is 3.69. The molecule has 0 aliphatic carbocycles. The summed E-state index contributed by atoms with van der Waals surface area (Å²) in [4.78, 5) is 10.7. The third-order valence-electron chi connectivity index (χ3n) is 2.42.